The Labute approximate surface area is 187 Å². The van der Waals surface area contributed by atoms with Gasteiger partial charge in [0, 0.05) is 45.4 Å². The number of carbonyl (C=O) groups is 1. The van der Waals surface area contributed by atoms with E-state index in [1.165, 1.54) is 11.8 Å². The molecule has 0 aliphatic carbocycles. The number of methoxy groups -OCH3 is 1. The average molecular weight is 444 g/mol. The maximum absolute atomic E-state index is 12.1. The Kier molecular flexibility index (Phi) is 7.48. The molecule has 166 valence electrons. The zero-order chi connectivity index (χ0) is 21.5. The molecule has 1 N–H and O–H groups in total. The fraction of sp³-hybridized carbons (Fsp3) is 0.500. The van der Waals surface area contributed by atoms with Crippen molar-refractivity contribution in [2.45, 2.75) is 24.0 Å². The van der Waals surface area contributed by atoms with Crippen molar-refractivity contribution in [1.82, 2.24) is 15.3 Å². The maximum Gasteiger partial charge on any atom is 0.230 e. The van der Waals surface area contributed by atoms with Gasteiger partial charge < -0.3 is 24.6 Å². The molecule has 1 aromatic heterocycles. The summed E-state index contributed by atoms with van der Waals surface area (Å²) in [6.07, 6.45) is 3.84. The standard InChI is InChI=1S/C22H29N5O3S/c1-29-19-7-3-2-6-18(19)26-8-10-27(11-9-26)20-13-22(25-16-24-20)31-15-21(28)23-14-17-5-4-12-30-17/h2-3,6-7,13,16-17H,4-5,8-12,14-15H2,1H3,(H,23,28)/t17-/m0/s1. The number of amides is 1. The molecule has 0 saturated carbocycles. The molecule has 9 heteroatoms. The number of piperazine rings is 1. The molecule has 0 bridgehead atoms. The third-order valence-corrected chi connectivity index (χ3v) is 6.48. The van der Waals surface area contributed by atoms with Crippen LogP contribution in [-0.2, 0) is 9.53 Å². The molecule has 0 spiro atoms. The number of aromatic nitrogens is 2. The Morgan fingerprint density at radius 2 is 2.03 bits per heavy atom. The molecule has 2 fully saturated rings. The van der Waals surface area contributed by atoms with Gasteiger partial charge in [-0.05, 0) is 25.0 Å². The van der Waals surface area contributed by atoms with Gasteiger partial charge in [0.05, 0.1) is 24.7 Å². The van der Waals surface area contributed by atoms with Crippen molar-refractivity contribution < 1.29 is 14.3 Å². The lowest BCUT2D eigenvalue weighted by Gasteiger charge is -2.37. The number of anilines is 2. The number of hydrogen-bond donors (Lipinski definition) is 1. The van der Waals surface area contributed by atoms with Crippen LogP contribution in [0.15, 0.2) is 41.7 Å². The van der Waals surface area contributed by atoms with Crippen LogP contribution in [0, 0.1) is 0 Å². The molecule has 1 amide bonds. The van der Waals surface area contributed by atoms with Crippen molar-refractivity contribution >= 4 is 29.2 Å². The number of carbonyl (C=O) groups excluding carboxylic acids is 1. The first kappa shape index (κ1) is 21.7. The lowest BCUT2D eigenvalue weighted by atomic mass is 10.2. The zero-order valence-electron chi connectivity index (χ0n) is 17.8. The number of nitrogens with zero attached hydrogens (tertiary/aromatic N) is 4. The van der Waals surface area contributed by atoms with Crippen LogP contribution in [0.5, 0.6) is 5.75 Å². The number of thioether (sulfide) groups is 1. The molecule has 3 heterocycles. The number of hydrogen-bond acceptors (Lipinski definition) is 8. The molecule has 4 rings (SSSR count). The predicted octanol–water partition coefficient (Wildman–Crippen LogP) is 2.20. The summed E-state index contributed by atoms with van der Waals surface area (Å²) in [5.74, 6) is 2.14. The number of nitrogens with one attached hydrogen (secondary N) is 1. The molecule has 2 aliphatic heterocycles. The van der Waals surface area contributed by atoms with Crippen LogP contribution in [0.1, 0.15) is 12.8 Å². The molecule has 2 aromatic rings. The first-order valence-electron chi connectivity index (χ1n) is 10.7. The van der Waals surface area contributed by atoms with Crippen molar-refractivity contribution in [2.24, 2.45) is 0 Å². The van der Waals surface area contributed by atoms with Gasteiger partial charge >= 0.3 is 0 Å². The summed E-state index contributed by atoms with van der Waals surface area (Å²) in [5.41, 5.74) is 1.12. The molecule has 1 atom stereocenters. The Balaban J connectivity index is 1.27. The second kappa shape index (κ2) is 10.7. The van der Waals surface area contributed by atoms with Gasteiger partial charge in [-0.2, -0.15) is 0 Å². The highest BCUT2D eigenvalue weighted by atomic mass is 32.2. The number of benzene rings is 1. The topological polar surface area (TPSA) is 79.8 Å². The number of rotatable bonds is 8. The van der Waals surface area contributed by atoms with Crippen LogP contribution in [0.4, 0.5) is 11.5 Å². The van der Waals surface area contributed by atoms with Gasteiger partial charge in [-0.1, -0.05) is 23.9 Å². The van der Waals surface area contributed by atoms with E-state index in [1.54, 1.807) is 13.4 Å². The lowest BCUT2D eigenvalue weighted by molar-refractivity contribution is -0.119. The van der Waals surface area contributed by atoms with Gasteiger partial charge in [0.1, 0.15) is 22.9 Å². The molecule has 8 nitrogen and oxygen atoms in total. The Morgan fingerprint density at radius 3 is 2.81 bits per heavy atom. The van der Waals surface area contributed by atoms with E-state index in [1.807, 2.05) is 24.3 Å². The quantitative estimate of drug-likeness (QED) is 0.491. The number of ether oxygens (including phenoxy) is 2. The van der Waals surface area contributed by atoms with Crippen molar-refractivity contribution in [3.63, 3.8) is 0 Å². The van der Waals surface area contributed by atoms with E-state index >= 15 is 0 Å². The first-order chi connectivity index (χ1) is 15.2. The summed E-state index contributed by atoms with van der Waals surface area (Å²) in [6, 6.07) is 10.1. The summed E-state index contributed by atoms with van der Waals surface area (Å²) in [4.78, 5) is 25.5. The van der Waals surface area contributed by atoms with Gasteiger partial charge in [-0.15, -0.1) is 0 Å². The van der Waals surface area contributed by atoms with Crippen LogP contribution in [0.2, 0.25) is 0 Å². The van der Waals surface area contributed by atoms with Gasteiger partial charge in [0.2, 0.25) is 5.91 Å². The molecule has 31 heavy (non-hydrogen) atoms. The van der Waals surface area contributed by atoms with Gasteiger partial charge in [0.25, 0.3) is 0 Å². The molecular weight excluding hydrogens is 414 g/mol. The molecular formula is C22H29N5O3S. The van der Waals surface area contributed by atoms with Crippen molar-refractivity contribution in [2.75, 3.05) is 62.0 Å². The highest BCUT2D eigenvalue weighted by Gasteiger charge is 2.21. The minimum Gasteiger partial charge on any atom is -0.495 e. The van der Waals surface area contributed by atoms with Gasteiger partial charge in [-0.3, -0.25) is 4.79 Å². The molecule has 0 unspecified atom stereocenters. The van der Waals surface area contributed by atoms with E-state index in [0.29, 0.717) is 12.3 Å². The van der Waals surface area contributed by atoms with Crippen LogP contribution in [0.25, 0.3) is 0 Å². The smallest absolute Gasteiger partial charge is 0.230 e. The second-order valence-electron chi connectivity index (χ2n) is 7.59. The largest absolute Gasteiger partial charge is 0.495 e. The fourth-order valence-corrected chi connectivity index (χ4v) is 4.56. The normalized spacial score (nSPS) is 18.8. The fourth-order valence-electron chi connectivity index (χ4n) is 3.87. The predicted molar refractivity (Wildman–Crippen MR) is 122 cm³/mol. The third kappa shape index (κ3) is 5.80. The summed E-state index contributed by atoms with van der Waals surface area (Å²) in [7, 11) is 1.71. The van der Waals surface area contributed by atoms with E-state index < -0.39 is 0 Å². The minimum atomic E-state index is 0.00563. The van der Waals surface area contributed by atoms with E-state index in [9.17, 15) is 4.79 Å². The average Bonchev–Trinajstić information content (AvgIpc) is 3.35. The summed E-state index contributed by atoms with van der Waals surface area (Å²) >= 11 is 1.43. The summed E-state index contributed by atoms with van der Waals surface area (Å²) in [5, 5.41) is 3.76. The number of para-hydroxylation sites is 2. The maximum atomic E-state index is 12.1. The highest BCUT2D eigenvalue weighted by Crippen LogP contribution is 2.29. The second-order valence-corrected chi connectivity index (χ2v) is 8.58. The van der Waals surface area contributed by atoms with Crippen LogP contribution < -0.4 is 19.9 Å². The molecule has 2 aliphatic rings. The first-order valence-corrected chi connectivity index (χ1v) is 11.7. The highest BCUT2D eigenvalue weighted by molar-refractivity contribution is 7.99. The van der Waals surface area contributed by atoms with E-state index in [0.717, 1.165) is 67.9 Å². The van der Waals surface area contributed by atoms with Crippen molar-refractivity contribution in [3.8, 4) is 5.75 Å². The Bertz CT molecular complexity index is 870. The van der Waals surface area contributed by atoms with Gasteiger partial charge in [0.15, 0.2) is 0 Å². The van der Waals surface area contributed by atoms with Gasteiger partial charge in [-0.25, -0.2) is 9.97 Å². The Hall–Kier alpha value is -2.52. The Morgan fingerprint density at radius 1 is 1.23 bits per heavy atom. The van der Waals surface area contributed by atoms with Crippen LogP contribution in [-0.4, -0.2) is 74.2 Å². The summed E-state index contributed by atoms with van der Waals surface area (Å²) in [6.45, 7) is 4.89. The molecule has 1 aromatic carbocycles. The monoisotopic (exact) mass is 443 g/mol. The minimum absolute atomic E-state index is 0.00563. The van der Waals surface area contributed by atoms with Crippen molar-refractivity contribution in [1.29, 1.82) is 0 Å². The van der Waals surface area contributed by atoms with E-state index in [4.69, 9.17) is 9.47 Å². The van der Waals surface area contributed by atoms with E-state index in [2.05, 4.69) is 31.2 Å². The zero-order valence-corrected chi connectivity index (χ0v) is 18.6. The summed E-state index contributed by atoms with van der Waals surface area (Å²) < 4.78 is 11.0. The van der Waals surface area contributed by atoms with Crippen LogP contribution in [0.3, 0.4) is 0 Å². The third-order valence-electron chi connectivity index (χ3n) is 5.56. The lowest BCUT2D eigenvalue weighted by Crippen LogP contribution is -2.47. The van der Waals surface area contributed by atoms with E-state index in [-0.39, 0.29) is 12.0 Å². The molecule has 0 radical (unpaired) electrons. The van der Waals surface area contributed by atoms with Crippen molar-refractivity contribution in [3.05, 3.63) is 36.7 Å². The molecule has 2 saturated heterocycles. The van der Waals surface area contributed by atoms with Crippen LogP contribution >= 0.6 is 11.8 Å². The SMILES string of the molecule is COc1ccccc1N1CCN(c2cc(SCC(=O)NC[C@@H]3CCCO3)ncn2)CC1.